The van der Waals surface area contributed by atoms with Crippen molar-refractivity contribution in [2.75, 3.05) is 34.0 Å². The number of phenolic OH excluding ortho intramolecular Hbond substituents is 3. The van der Waals surface area contributed by atoms with Gasteiger partial charge in [-0.3, -0.25) is 4.79 Å². The summed E-state index contributed by atoms with van der Waals surface area (Å²) < 4.78 is 56.1. The zero-order valence-electron chi connectivity index (χ0n) is 36.3. The van der Waals surface area contributed by atoms with Crippen LogP contribution in [0.5, 0.6) is 40.2 Å². The summed E-state index contributed by atoms with van der Waals surface area (Å²) in [5, 5.41) is 136. The molecule has 0 bridgehead atoms. The number of methoxy groups -OCH3 is 2. The number of aliphatic hydroxyl groups is 10. The Morgan fingerprint density at radius 3 is 1.83 bits per heavy atom. The standard InChI is InChI=1S/C44H50O25/c1-60-22-9-16(10-23(61-2)29(22)50)3-8-27(49)62-15-26-32(53)36(57)41(69-43-38(59)35(56)31(52)25(14-46)66-43)44(67-26)68-40-33(54)28-20(48)11-19(63-42-37(58)34(55)30(51)24(13-45)65-42)12-21(28)64-39(40)17-4-6-18(47)7-5-17/h3-12,24-26,30-32,34-38,41-48,50-53,55-59H,13-15H2,1-2H3/b8-3+/t24-,25-,26-,30-,31-,32-,34+,35+,36+,37-,38-,41-,42-,43+,44-/m1/s1. The molecule has 0 amide bonds. The largest absolute Gasteiger partial charge is 0.508 e. The molecule has 3 saturated heterocycles. The number of fused-ring (bicyclic) bond motifs is 1. The molecule has 3 aromatic carbocycles. The number of carbonyl (C=O) groups excluding carboxylic acids is 1. The van der Waals surface area contributed by atoms with Crippen LogP contribution in [0.15, 0.2) is 63.8 Å². The maximum Gasteiger partial charge on any atom is 0.330 e. The average Bonchev–Trinajstić information content (AvgIpc) is 3.33. The number of phenols is 3. The lowest BCUT2D eigenvalue weighted by atomic mass is 9.97. The number of carbonyl (C=O) groups is 1. The number of esters is 1. The van der Waals surface area contributed by atoms with Gasteiger partial charge in [0.25, 0.3) is 0 Å². The van der Waals surface area contributed by atoms with Gasteiger partial charge in [0, 0.05) is 23.8 Å². The highest BCUT2D eigenvalue weighted by Gasteiger charge is 2.52. The summed E-state index contributed by atoms with van der Waals surface area (Å²) in [4.78, 5) is 27.6. The Morgan fingerprint density at radius 2 is 1.23 bits per heavy atom. The highest BCUT2D eigenvalue weighted by molar-refractivity contribution is 5.89. The van der Waals surface area contributed by atoms with E-state index in [4.69, 9.17) is 47.0 Å². The molecule has 15 atom stereocenters. The van der Waals surface area contributed by atoms with Crippen molar-refractivity contribution in [1.29, 1.82) is 0 Å². The van der Waals surface area contributed by atoms with Crippen LogP contribution in [0.2, 0.25) is 0 Å². The predicted octanol–water partition coefficient (Wildman–Crippen LogP) is -2.96. The maximum atomic E-state index is 14.6. The molecule has 13 N–H and O–H groups in total. The second kappa shape index (κ2) is 21.4. The summed E-state index contributed by atoms with van der Waals surface area (Å²) in [7, 11) is 2.59. The number of aromatic hydroxyl groups is 3. The van der Waals surface area contributed by atoms with Crippen LogP contribution < -0.4 is 24.4 Å². The van der Waals surface area contributed by atoms with E-state index in [-0.39, 0.29) is 34.3 Å². The van der Waals surface area contributed by atoms with Gasteiger partial charge in [-0.05, 0) is 48.0 Å². The van der Waals surface area contributed by atoms with Gasteiger partial charge < -0.3 is 113 Å². The number of hydrogen-bond donors (Lipinski definition) is 13. The molecule has 0 spiro atoms. The van der Waals surface area contributed by atoms with Crippen LogP contribution in [0.25, 0.3) is 28.4 Å². The highest BCUT2D eigenvalue weighted by Crippen LogP contribution is 2.40. The summed E-state index contributed by atoms with van der Waals surface area (Å²) in [5.41, 5.74) is -1.22. The third-order valence-corrected chi connectivity index (χ3v) is 11.5. The van der Waals surface area contributed by atoms with Crippen molar-refractivity contribution in [3.8, 4) is 51.6 Å². The van der Waals surface area contributed by atoms with Gasteiger partial charge in [0.2, 0.25) is 29.5 Å². The Bertz CT molecular complexity index is 2480. The Labute approximate surface area is 388 Å². The molecular weight excluding hydrogens is 928 g/mol. The lowest BCUT2D eigenvalue weighted by molar-refractivity contribution is -0.358. The number of rotatable bonds is 15. The Kier molecular flexibility index (Phi) is 15.8. The van der Waals surface area contributed by atoms with Gasteiger partial charge >= 0.3 is 5.97 Å². The van der Waals surface area contributed by atoms with E-state index in [0.717, 1.165) is 18.2 Å². The van der Waals surface area contributed by atoms with Crippen molar-refractivity contribution in [1.82, 2.24) is 0 Å². The van der Waals surface area contributed by atoms with Crippen molar-refractivity contribution in [2.24, 2.45) is 0 Å². The van der Waals surface area contributed by atoms with Crippen LogP contribution in [0.1, 0.15) is 5.56 Å². The van der Waals surface area contributed by atoms with E-state index < -0.39 is 152 Å². The average molecular weight is 979 g/mol. The molecule has 69 heavy (non-hydrogen) atoms. The van der Waals surface area contributed by atoms with Gasteiger partial charge in [-0.15, -0.1) is 0 Å². The van der Waals surface area contributed by atoms with Crippen molar-refractivity contribution in [3.63, 3.8) is 0 Å². The van der Waals surface area contributed by atoms with Gasteiger partial charge in [-0.1, -0.05) is 0 Å². The SMILES string of the molecule is COc1cc(/C=C/C(=O)OC[C@H]2O[C@H](Oc3c(-c4ccc(O)cc4)oc4cc(O[C@@H]5O[C@H](CO)[C@@H](O)[C@H](O)[C@H]5O)cc(O)c4c3=O)[C@H](O[C@@H]3O[C@H](CO)[C@@H](O)[C@H](O)[C@H]3O)[C@@H](O)[C@@H]2O)cc(OC)c1O. The summed E-state index contributed by atoms with van der Waals surface area (Å²) in [5.74, 6) is -3.90. The molecule has 0 unspecified atom stereocenters. The molecule has 3 aliphatic heterocycles. The predicted molar refractivity (Wildman–Crippen MR) is 227 cm³/mol. The molecule has 25 nitrogen and oxygen atoms in total. The van der Waals surface area contributed by atoms with Crippen LogP contribution in [-0.4, -0.2) is 199 Å². The molecule has 4 aromatic rings. The van der Waals surface area contributed by atoms with E-state index in [0.29, 0.717) is 5.56 Å². The number of ether oxygens (including phenoxy) is 9. The summed E-state index contributed by atoms with van der Waals surface area (Å²) in [6.45, 7) is -2.49. The van der Waals surface area contributed by atoms with Crippen molar-refractivity contribution >= 4 is 23.0 Å². The molecular formula is C44H50O25. The minimum Gasteiger partial charge on any atom is -0.508 e. The van der Waals surface area contributed by atoms with Crippen molar-refractivity contribution < 1.29 is 118 Å². The topological polar surface area (TPSA) is 393 Å². The fraction of sp³-hybridized carbons (Fsp3) is 0.455. The van der Waals surface area contributed by atoms with Gasteiger partial charge in [0.15, 0.2) is 29.7 Å². The van der Waals surface area contributed by atoms with E-state index >= 15 is 0 Å². The molecule has 376 valence electrons. The van der Waals surface area contributed by atoms with E-state index in [1.807, 2.05) is 0 Å². The number of aliphatic hydroxyl groups excluding tert-OH is 10. The van der Waals surface area contributed by atoms with Crippen LogP contribution in [0.4, 0.5) is 0 Å². The molecule has 3 fully saturated rings. The summed E-state index contributed by atoms with van der Waals surface area (Å²) in [6, 6.07) is 9.70. The first-order chi connectivity index (χ1) is 32.9. The van der Waals surface area contributed by atoms with Gasteiger partial charge in [0.1, 0.15) is 102 Å². The lowest BCUT2D eigenvalue weighted by Crippen LogP contribution is -2.65. The number of benzene rings is 3. The fourth-order valence-electron chi connectivity index (χ4n) is 7.65. The van der Waals surface area contributed by atoms with Gasteiger partial charge in [0.05, 0.1) is 27.4 Å². The summed E-state index contributed by atoms with van der Waals surface area (Å²) >= 11 is 0. The highest BCUT2D eigenvalue weighted by atomic mass is 16.8. The van der Waals surface area contributed by atoms with E-state index in [9.17, 15) is 76.0 Å². The second-order valence-corrected chi connectivity index (χ2v) is 15.9. The normalized spacial score (nSPS) is 31.6. The quantitative estimate of drug-likeness (QED) is 0.0418. The first kappa shape index (κ1) is 51.0. The Balaban J connectivity index is 1.24. The van der Waals surface area contributed by atoms with Crippen LogP contribution in [-0.2, 0) is 28.5 Å². The molecule has 7 rings (SSSR count). The zero-order chi connectivity index (χ0) is 50.0. The van der Waals surface area contributed by atoms with Gasteiger partial charge in [-0.2, -0.15) is 0 Å². The smallest absolute Gasteiger partial charge is 0.330 e. The van der Waals surface area contributed by atoms with Crippen LogP contribution >= 0.6 is 0 Å². The monoisotopic (exact) mass is 978 g/mol. The molecule has 0 saturated carbocycles. The molecule has 4 heterocycles. The first-order valence-corrected chi connectivity index (χ1v) is 20.9. The molecule has 0 radical (unpaired) electrons. The summed E-state index contributed by atoms with van der Waals surface area (Å²) in [6.07, 6.45) is -25.7. The third kappa shape index (κ3) is 10.5. The Hall–Kier alpha value is -5.88. The fourth-order valence-corrected chi connectivity index (χ4v) is 7.65. The van der Waals surface area contributed by atoms with Crippen LogP contribution in [0.3, 0.4) is 0 Å². The Morgan fingerprint density at radius 1 is 0.667 bits per heavy atom. The van der Waals surface area contributed by atoms with E-state index in [1.54, 1.807) is 0 Å². The minimum absolute atomic E-state index is 0.0190. The van der Waals surface area contributed by atoms with Crippen LogP contribution in [0, 0.1) is 0 Å². The minimum atomic E-state index is -2.15. The maximum absolute atomic E-state index is 14.6. The molecule has 0 aliphatic carbocycles. The van der Waals surface area contributed by atoms with Crippen molar-refractivity contribution in [2.45, 2.75) is 92.1 Å². The third-order valence-electron chi connectivity index (χ3n) is 11.5. The molecule has 3 aliphatic rings. The number of hydrogen-bond acceptors (Lipinski definition) is 25. The zero-order valence-corrected chi connectivity index (χ0v) is 36.3. The molecule has 25 heteroatoms. The van der Waals surface area contributed by atoms with Crippen molar-refractivity contribution in [3.05, 3.63) is 70.4 Å². The van der Waals surface area contributed by atoms with Gasteiger partial charge in [-0.25, -0.2) is 4.79 Å². The lowest BCUT2D eigenvalue weighted by Gasteiger charge is -2.45. The first-order valence-electron chi connectivity index (χ1n) is 20.9. The second-order valence-electron chi connectivity index (χ2n) is 15.9. The molecule has 1 aromatic heterocycles. The van der Waals surface area contributed by atoms with E-state index in [1.165, 1.54) is 56.7 Å². The van der Waals surface area contributed by atoms with E-state index in [2.05, 4.69) is 0 Å².